The zero-order chi connectivity index (χ0) is 11.5. The minimum atomic E-state index is 0.323. The number of rotatable bonds is 3. The molecular formula is C13H19NO2. The van der Waals surface area contributed by atoms with Gasteiger partial charge in [0.05, 0.1) is 18.3 Å². The highest BCUT2D eigenvalue weighted by molar-refractivity contribution is 5.62. The number of ether oxygens (including phenoxy) is 2. The van der Waals surface area contributed by atoms with Crippen LogP contribution in [0.1, 0.15) is 12.5 Å². The molecule has 0 saturated carbocycles. The largest absolute Gasteiger partial charge is 0.489 e. The van der Waals surface area contributed by atoms with Crippen LogP contribution in [0.15, 0.2) is 18.2 Å². The molecule has 0 N–H and O–H groups in total. The molecule has 0 spiro atoms. The fourth-order valence-electron chi connectivity index (χ4n) is 2.21. The number of fused-ring (bicyclic) bond motifs is 1. The van der Waals surface area contributed by atoms with Crippen molar-refractivity contribution < 1.29 is 9.47 Å². The number of methoxy groups -OCH3 is 1. The molecule has 88 valence electrons. The van der Waals surface area contributed by atoms with Gasteiger partial charge in [0.2, 0.25) is 0 Å². The topological polar surface area (TPSA) is 21.7 Å². The average molecular weight is 221 g/mol. The van der Waals surface area contributed by atoms with Crippen molar-refractivity contribution in [3.8, 4) is 5.75 Å². The number of hydrogen-bond donors (Lipinski definition) is 0. The average Bonchev–Trinajstić information content (AvgIpc) is 2.29. The van der Waals surface area contributed by atoms with Crippen molar-refractivity contribution in [2.45, 2.75) is 19.9 Å². The summed E-state index contributed by atoms with van der Waals surface area (Å²) in [5.41, 5.74) is 2.45. The molecule has 0 radical (unpaired) electrons. The highest BCUT2D eigenvalue weighted by Gasteiger charge is 2.26. The molecule has 16 heavy (non-hydrogen) atoms. The van der Waals surface area contributed by atoms with E-state index in [2.05, 4.69) is 36.9 Å². The monoisotopic (exact) mass is 221 g/mol. The smallest absolute Gasteiger partial charge is 0.142 e. The van der Waals surface area contributed by atoms with Gasteiger partial charge in [-0.1, -0.05) is 6.07 Å². The first kappa shape index (κ1) is 11.3. The SMILES string of the molecule is CCN1c2cc(C)ccc2OCC1COC. The molecule has 1 aromatic rings. The lowest BCUT2D eigenvalue weighted by atomic mass is 10.1. The molecule has 0 fully saturated rings. The maximum atomic E-state index is 5.75. The van der Waals surface area contributed by atoms with Gasteiger partial charge >= 0.3 is 0 Å². The van der Waals surface area contributed by atoms with E-state index in [0.717, 1.165) is 12.3 Å². The second-order valence-corrected chi connectivity index (χ2v) is 4.18. The summed E-state index contributed by atoms with van der Waals surface area (Å²) >= 11 is 0. The van der Waals surface area contributed by atoms with E-state index < -0.39 is 0 Å². The minimum absolute atomic E-state index is 0.323. The summed E-state index contributed by atoms with van der Waals surface area (Å²) in [6.07, 6.45) is 0. The Bertz CT molecular complexity index is 365. The van der Waals surface area contributed by atoms with Crippen molar-refractivity contribution in [3.63, 3.8) is 0 Å². The van der Waals surface area contributed by atoms with E-state index in [1.165, 1.54) is 11.3 Å². The summed E-state index contributed by atoms with van der Waals surface area (Å²) in [7, 11) is 1.74. The Hall–Kier alpha value is -1.22. The molecule has 0 bridgehead atoms. The van der Waals surface area contributed by atoms with E-state index >= 15 is 0 Å². The van der Waals surface area contributed by atoms with Crippen molar-refractivity contribution in [1.82, 2.24) is 0 Å². The van der Waals surface area contributed by atoms with Crippen LogP contribution in [0.3, 0.4) is 0 Å². The van der Waals surface area contributed by atoms with Gasteiger partial charge < -0.3 is 14.4 Å². The number of aryl methyl sites for hydroxylation is 1. The lowest BCUT2D eigenvalue weighted by Gasteiger charge is -2.37. The quantitative estimate of drug-likeness (QED) is 0.781. The third kappa shape index (κ3) is 2.00. The van der Waals surface area contributed by atoms with Gasteiger partial charge in [-0.15, -0.1) is 0 Å². The molecule has 1 aliphatic heterocycles. The van der Waals surface area contributed by atoms with E-state index in [1.54, 1.807) is 7.11 Å². The highest BCUT2D eigenvalue weighted by Crippen LogP contribution is 2.34. The number of hydrogen-bond acceptors (Lipinski definition) is 3. The molecule has 0 aliphatic carbocycles. The first-order valence-electron chi connectivity index (χ1n) is 5.75. The predicted octanol–water partition coefficient (Wildman–Crippen LogP) is 2.23. The van der Waals surface area contributed by atoms with Crippen LogP contribution in [-0.4, -0.2) is 32.9 Å². The number of anilines is 1. The van der Waals surface area contributed by atoms with Crippen molar-refractivity contribution in [2.75, 3.05) is 31.8 Å². The molecule has 3 nitrogen and oxygen atoms in total. The summed E-state index contributed by atoms with van der Waals surface area (Å²) in [6.45, 7) is 6.67. The Morgan fingerprint density at radius 2 is 2.31 bits per heavy atom. The van der Waals surface area contributed by atoms with Gasteiger partial charge in [0.1, 0.15) is 12.4 Å². The molecular weight excluding hydrogens is 202 g/mol. The third-order valence-electron chi connectivity index (χ3n) is 3.00. The standard InChI is InChI=1S/C13H19NO2/c1-4-14-11(8-15-3)9-16-13-6-5-10(2)7-12(13)14/h5-7,11H,4,8-9H2,1-3H3. The van der Waals surface area contributed by atoms with Gasteiger partial charge in [-0.25, -0.2) is 0 Å². The molecule has 1 aliphatic rings. The van der Waals surface area contributed by atoms with Gasteiger partial charge in [-0.05, 0) is 31.5 Å². The van der Waals surface area contributed by atoms with Crippen molar-refractivity contribution in [1.29, 1.82) is 0 Å². The normalized spacial score (nSPS) is 19.2. The number of nitrogens with zero attached hydrogens (tertiary/aromatic N) is 1. The number of likely N-dealkylation sites (N-methyl/N-ethyl adjacent to an activating group) is 1. The van der Waals surface area contributed by atoms with Crippen LogP contribution in [0.4, 0.5) is 5.69 Å². The van der Waals surface area contributed by atoms with Crippen LogP contribution < -0.4 is 9.64 Å². The minimum Gasteiger partial charge on any atom is -0.489 e. The van der Waals surface area contributed by atoms with Crippen molar-refractivity contribution in [3.05, 3.63) is 23.8 Å². The zero-order valence-electron chi connectivity index (χ0n) is 10.2. The Labute approximate surface area is 97.0 Å². The molecule has 1 heterocycles. The van der Waals surface area contributed by atoms with Crippen LogP contribution in [0.5, 0.6) is 5.75 Å². The van der Waals surface area contributed by atoms with Gasteiger partial charge in [-0.3, -0.25) is 0 Å². The summed E-state index contributed by atoms with van der Waals surface area (Å²) in [4.78, 5) is 2.36. The van der Waals surface area contributed by atoms with Gasteiger partial charge in [0.25, 0.3) is 0 Å². The highest BCUT2D eigenvalue weighted by atomic mass is 16.5. The molecule has 1 atom stereocenters. The lowest BCUT2D eigenvalue weighted by Crippen LogP contribution is -2.45. The maximum Gasteiger partial charge on any atom is 0.142 e. The molecule has 0 aromatic heterocycles. The second kappa shape index (κ2) is 4.74. The predicted molar refractivity (Wildman–Crippen MR) is 65.4 cm³/mol. The molecule has 0 saturated heterocycles. The van der Waals surface area contributed by atoms with Gasteiger partial charge in [0.15, 0.2) is 0 Å². The molecule has 0 amide bonds. The second-order valence-electron chi connectivity index (χ2n) is 4.18. The zero-order valence-corrected chi connectivity index (χ0v) is 10.2. The van der Waals surface area contributed by atoms with Crippen LogP contribution in [0.2, 0.25) is 0 Å². The molecule has 1 unspecified atom stereocenters. The summed E-state index contributed by atoms with van der Waals surface area (Å²) < 4.78 is 11.0. The van der Waals surface area contributed by atoms with E-state index in [9.17, 15) is 0 Å². The maximum absolute atomic E-state index is 5.75. The van der Waals surface area contributed by atoms with Crippen LogP contribution in [0, 0.1) is 6.92 Å². The Balaban J connectivity index is 2.31. The van der Waals surface area contributed by atoms with E-state index in [-0.39, 0.29) is 0 Å². The first-order valence-corrected chi connectivity index (χ1v) is 5.75. The Morgan fingerprint density at radius 3 is 3.00 bits per heavy atom. The molecule has 3 heteroatoms. The van der Waals surface area contributed by atoms with E-state index in [0.29, 0.717) is 19.3 Å². The van der Waals surface area contributed by atoms with Crippen LogP contribution >= 0.6 is 0 Å². The van der Waals surface area contributed by atoms with Gasteiger partial charge in [-0.2, -0.15) is 0 Å². The summed E-state index contributed by atoms with van der Waals surface area (Å²) in [6, 6.07) is 6.64. The number of benzene rings is 1. The third-order valence-corrected chi connectivity index (χ3v) is 3.00. The molecule has 2 rings (SSSR count). The Kier molecular flexibility index (Phi) is 3.34. The van der Waals surface area contributed by atoms with Crippen molar-refractivity contribution in [2.24, 2.45) is 0 Å². The van der Waals surface area contributed by atoms with Gasteiger partial charge in [0, 0.05) is 13.7 Å². The molecule has 1 aromatic carbocycles. The summed E-state index contributed by atoms with van der Waals surface area (Å²) in [5.74, 6) is 0.986. The van der Waals surface area contributed by atoms with E-state index in [4.69, 9.17) is 9.47 Å². The lowest BCUT2D eigenvalue weighted by molar-refractivity contribution is 0.141. The van der Waals surface area contributed by atoms with Crippen LogP contribution in [-0.2, 0) is 4.74 Å². The Morgan fingerprint density at radius 1 is 1.50 bits per heavy atom. The fourth-order valence-corrected chi connectivity index (χ4v) is 2.21. The van der Waals surface area contributed by atoms with Crippen LogP contribution in [0.25, 0.3) is 0 Å². The van der Waals surface area contributed by atoms with E-state index in [1.807, 2.05) is 0 Å². The fraction of sp³-hybridized carbons (Fsp3) is 0.538. The summed E-state index contributed by atoms with van der Waals surface area (Å²) in [5, 5.41) is 0. The van der Waals surface area contributed by atoms with Crippen molar-refractivity contribution >= 4 is 5.69 Å². The first-order chi connectivity index (χ1) is 7.76.